The smallest absolute Gasteiger partial charge is 0.171 e. The van der Waals surface area contributed by atoms with E-state index in [2.05, 4.69) is 6.58 Å². The van der Waals surface area contributed by atoms with Crippen LogP contribution < -0.4 is 5.73 Å². The minimum absolute atomic E-state index is 0.147. The highest BCUT2D eigenvalue weighted by Crippen LogP contribution is 2.26. The van der Waals surface area contributed by atoms with E-state index in [-0.39, 0.29) is 6.04 Å². The van der Waals surface area contributed by atoms with Gasteiger partial charge in [0.05, 0.1) is 6.04 Å². The number of thiophene rings is 1. The van der Waals surface area contributed by atoms with Crippen molar-refractivity contribution in [3.8, 4) is 5.06 Å². The molecule has 3 heteroatoms. The first-order valence-corrected chi connectivity index (χ1v) is 3.72. The van der Waals surface area contributed by atoms with Crippen LogP contribution in [0.2, 0.25) is 0 Å². The van der Waals surface area contributed by atoms with Crippen molar-refractivity contribution < 1.29 is 5.11 Å². The van der Waals surface area contributed by atoms with Crippen molar-refractivity contribution in [3.05, 3.63) is 29.7 Å². The van der Waals surface area contributed by atoms with Crippen LogP contribution in [0.5, 0.6) is 5.06 Å². The molecule has 0 aliphatic heterocycles. The Bertz CT molecular complexity index is 231. The van der Waals surface area contributed by atoms with Crippen molar-refractivity contribution in [2.75, 3.05) is 0 Å². The number of aromatic hydroxyl groups is 1. The summed E-state index contributed by atoms with van der Waals surface area (Å²) >= 11 is 1.28. The fourth-order valence-corrected chi connectivity index (χ4v) is 1.38. The van der Waals surface area contributed by atoms with E-state index in [9.17, 15) is 0 Å². The first kappa shape index (κ1) is 7.31. The second-order valence-corrected chi connectivity index (χ2v) is 3.03. The van der Waals surface area contributed by atoms with Gasteiger partial charge >= 0.3 is 0 Å². The molecule has 1 aromatic heterocycles. The highest BCUT2D eigenvalue weighted by molar-refractivity contribution is 7.13. The van der Waals surface area contributed by atoms with Crippen molar-refractivity contribution in [1.82, 2.24) is 0 Å². The standard InChI is InChI=1S/C7H9NOS/c1-2-5(8)6-3-4-7(9)10-6/h2-5,9H,1,8H2/t5-/m1/s1. The molecule has 1 aromatic rings. The van der Waals surface area contributed by atoms with Gasteiger partial charge in [-0.25, -0.2) is 0 Å². The average Bonchev–Trinajstić information content (AvgIpc) is 2.34. The van der Waals surface area contributed by atoms with Crippen LogP contribution in [0, 0.1) is 0 Å². The Balaban J connectivity index is 2.84. The second kappa shape index (κ2) is 2.86. The van der Waals surface area contributed by atoms with Crippen LogP contribution in [-0.4, -0.2) is 5.11 Å². The van der Waals surface area contributed by atoms with Crippen LogP contribution in [0.4, 0.5) is 0 Å². The van der Waals surface area contributed by atoms with E-state index in [1.807, 2.05) is 0 Å². The van der Waals surface area contributed by atoms with Crippen LogP contribution in [0.25, 0.3) is 0 Å². The molecule has 0 saturated heterocycles. The third-order valence-electron chi connectivity index (χ3n) is 1.20. The molecule has 1 heterocycles. The molecule has 0 bridgehead atoms. The molecule has 10 heavy (non-hydrogen) atoms. The van der Waals surface area contributed by atoms with Gasteiger partial charge in [0, 0.05) is 4.88 Å². The molecular weight excluding hydrogens is 146 g/mol. The fourth-order valence-electron chi connectivity index (χ4n) is 0.638. The molecule has 0 radical (unpaired) electrons. The molecule has 0 unspecified atom stereocenters. The van der Waals surface area contributed by atoms with Gasteiger partial charge in [0.2, 0.25) is 0 Å². The number of nitrogens with two attached hydrogens (primary N) is 1. The Labute approximate surface area is 63.6 Å². The van der Waals surface area contributed by atoms with Gasteiger partial charge in [0.1, 0.15) is 0 Å². The van der Waals surface area contributed by atoms with Gasteiger partial charge in [-0.1, -0.05) is 6.08 Å². The van der Waals surface area contributed by atoms with Crippen LogP contribution in [0.15, 0.2) is 24.8 Å². The fraction of sp³-hybridized carbons (Fsp3) is 0.143. The lowest BCUT2D eigenvalue weighted by Gasteiger charge is -1.98. The van der Waals surface area contributed by atoms with Crippen molar-refractivity contribution in [2.45, 2.75) is 6.04 Å². The van der Waals surface area contributed by atoms with Crippen LogP contribution in [-0.2, 0) is 0 Å². The average molecular weight is 155 g/mol. The molecule has 0 aliphatic carbocycles. The van der Waals surface area contributed by atoms with E-state index in [0.29, 0.717) is 5.06 Å². The zero-order valence-electron chi connectivity index (χ0n) is 5.45. The Morgan fingerprint density at radius 3 is 2.80 bits per heavy atom. The van der Waals surface area contributed by atoms with Gasteiger partial charge in [-0.05, 0) is 12.1 Å². The molecule has 0 aliphatic rings. The van der Waals surface area contributed by atoms with Gasteiger partial charge in [-0.15, -0.1) is 17.9 Å². The van der Waals surface area contributed by atoms with Crippen molar-refractivity contribution in [1.29, 1.82) is 0 Å². The Hall–Kier alpha value is -0.800. The van der Waals surface area contributed by atoms with E-state index in [4.69, 9.17) is 10.8 Å². The first-order chi connectivity index (χ1) is 4.74. The summed E-state index contributed by atoms with van der Waals surface area (Å²) in [4.78, 5) is 0.938. The van der Waals surface area contributed by atoms with Gasteiger partial charge < -0.3 is 10.8 Å². The molecule has 54 valence electrons. The van der Waals surface area contributed by atoms with E-state index in [1.165, 1.54) is 11.3 Å². The molecular formula is C7H9NOS. The topological polar surface area (TPSA) is 46.2 Å². The summed E-state index contributed by atoms with van der Waals surface area (Å²) in [6.45, 7) is 3.55. The number of hydrogen-bond acceptors (Lipinski definition) is 3. The predicted molar refractivity (Wildman–Crippen MR) is 43.1 cm³/mol. The van der Waals surface area contributed by atoms with Gasteiger partial charge in [0.25, 0.3) is 0 Å². The molecule has 2 nitrogen and oxygen atoms in total. The molecule has 1 rings (SSSR count). The SMILES string of the molecule is C=C[C@@H](N)c1ccc(O)s1. The van der Waals surface area contributed by atoms with Crippen molar-refractivity contribution in [2.24, 2.45) is 5.73 Å². The lowest BCUT2D eigenvalue weighted by atomic mass is 10.2. The predicted octanol–water partition coefficient (Wildman–Crippen LogP) is 1.64. The lowest BCUT2D eigenvalue weighted by Crippen LogP contribution is -2.03. The van der Waals surface area contributed by atoms with Gasteiger partial charge in [-0.3, -0.25) is 0 Å². The Morgan fingerprint density at radius 1 is 1.70 bits per heavy atom. The van der Waals surface area contributed by atoms with Crippen molar-refractivity contribution in [3.63, 3.8) is 0 Å². The van der Waals surface area contributed by atoms with E-state index in [1.54, 1.807) is 18.2 Å². The summed E-state index contributed by atoms with van der Waals surface area (Å²) in [6, 6.07) is 3.28. The van der Waals surface area contributed by atoms with E-state index in [0.717, 1.165) is 4.88 Å². The summed E-state index contributed by atoms with van der Waals surface area (Å²) in [5.74, 6) is 0. The molecule has 3 N–H and O–H groups in total. The minimum atomic E-state index is -0.147. The third-order valence-corrected chi connectivity index (χ3v) is 2.18. The normalized spacial score (nSPS) is 12.9. The monoisotopic (exact) mass is 155 g/mol. The zero-order valence-corrected chi connectivity index (χ0v) is 6.27. The maximum Gasteiger partial charge on any atom is 0.171 e. The Kier molecular flexibility index (Phi) is 2.09. The van der Waals surface area contributed by atoms with Crippen LogP contribution in [0.3, 0.4) is 0 Å². The zero-order chi connectivity index (χ0) is 7.56. The molecule has 0 amide bonds. The maximum atomic E-state index is 8.93. The molecule has 0 aromatic carbocycles. The Morgan fingerprint density at radius 2 is 2.40 bits per heavy atom. The second-order valence-electron chi connectivity index (χ2n) is 1.94. The quantitative estimate of drug-likeness (QED) is 0.638. The minimum Gasteiger partial charge on any atom is -0.499 e. The lowest BCUT2D eigenvalue weighted by molar-refractivity contribution is 0.491. The van der Waals surface area contributed by atoms with Crippen LogP contribution in [0.1, 0.15) is 10.9 Å². The summed E-state index contributed by atoms with van der Waals surface area (Å²) in [5.41, 5.74) is 5.59. The molecule has 0 spiro atoms. The first-order valence-electron chi connectivity index (χ1n) is 2.91. The molecule has 0 saturated carbocycles. The number of hydrogen-bond donors (Lipinski definition) is 2. The summed E-state index contributed by atoms with van der Waals surface area (Å²) in [6.07, 6.45) is 1.64. The maximum absolute atomic E-state index is 8.93. The van der Waals surface area contributed by atoms with Crippen molar-refractivity contribution >= 4 is 11.3 Å². The molecule has 1 atom stereocenters. The third kappa shape index (κ3) is 1.37. The van der Waals surface area contributed by atoms with Gasteiger partial charge in [-0.2, -0.15) is 0 Å². The summed E-state index contributed by atoms with van der Waals surface area (Å²) in [5, 5.41) is 9.22. The van der Waals surface area contributed by atoms with E-state index < -0.39 is 0 Å². The summed E-state index contributed by atoms with van der Waals surface area (Å²) in [7, 11) is 0. The highest BCUT2D eigenvalue weighted by atomic mass is 32.1. The largest absolute Gasteiger partial charge is 0.499 e. The highest BCUT2D eigenvalue weighted by Gasteiger charge is 2.03. The molecule has 0 fully saturated rings. The summed E-state index contributed by atoms with van der Waals surface area (Å²) < 4.78 is 0. The van der Waals surface area contributed by atoms with E-state index >= 15 is 0 Å². The van der Waals surface area contributed by atoms with Crippen LogP contribution >= 0.6 is 11.3 Å². The van der Waals surface area contributed by atoms with Gasteiger partial charge in [0.15, 0.2) is 5.06 Å². The number of rotatable bonds is 2.